The quantitative estimate of drug-likeness (QED) is 0.739. The first-order valence-electron chi connectivity index (χ1n) is 4.98. The van der Waals surface area contributed by atoms with E-state index in [9.17, 15) is 0 Å². The van der Waals surface area contributed by atoms with E-state index in [1.165, 1.54) is 0 Å². The zero-order chi connectivity index (χ0) is 12.2. The van der Waals surface area contributed by atoms with Gasteiger partial charge in [-0.05, 0) is 13.3 Å². The predicted molar refractivity (Wildman–Crippen MR) is 69.3 cm³/mol. The van der Waals surface area contributed by atoms with Crippen LogP contribution >= 0.6 is 23.1 Å². The van der Waals surface area contributed by atoms with Gasteiger partial charge >= 0.3 is 0 Å². The van der Waals surface area contributed by atoms with Crippen molar-refractivity contribution in [3.05, 3.63) is 0 Å². The third-order valence-electron chi connectivity index (χ3n) is 2.04. The summed E-state index contributed by atoms with van der Waals surface area (Å²) >= 11 is 3.19. The lowest BCUT2D eigenvalue weighted by Gasteiger charge is -2.20. The summed E-state index contributed by atoms with van der Waals surface area (Å²) in [6, 6.07) is 0. The number of thioether (sulfide) groups is 1. The van der Waals surface area contributed by atoms with Gasteiger partial charge in [0.15, 0.2) is 4.34 Å². The van der Waals surface area contributed by atoms with Crippen LogP contribution in [-0.2, 0) is 0 Å². The van der Waals surface area contributed by atoms with E-state index < -0.39 is 5.54 Å². The van der Waals surface area contributed by atoms with Crippen LogP contribution in [-0.4, -0.2) is 47.3 Å². The first kappa shape index (κ1) is 13.7. The number of aliphatic hydroxyl groups excluding tert-OH is 1. The van der Waals surface area contributed by atoms with Gasteiger partial charge in [0.05, 0.1) is 6.61 Å². The highest BCUT2D eigenvalue weighted by Gasteiger charge is 2.17. The number of rotatable bonds is 6. The minimum absolute atomic E-state index is 0.00657. The fraction of sp³-hybridized carbons (Fsp3) is 0.778. The van der Waals surface area contributed by atoms with Crippen LogP contribution in [0.5, 0.6) is 0 Å². The summed E-state index contributed by atoms with van der Waals surface area (Å²) in [6.07, 6.45) is 0.755. The summed E-state index contributed by atoms with van der Waals surface area (Å²) in [5.74, 6) is 0.843. The molecular weight excluding hydrogens is 244 g/mol. The molecule has 0 aromatic carbocycles. The van der Waals surface area contributed by atoms with Gasteiger partial charge in [0.25, 0.3) is 0 Å². The summed E-state index contributed by atoms with van der Waals surface area (Å²) in [5, 5.41) is 18.0. The molecule has 0 radical (unpaired) electrons. The highest BCUT2D eigenvalue weighted by molar-refractivity contribution is 8.01. The number of anilines is 1. The molecule has 7 heteroatoms. The molecule has 1 aromatic rings. The Morgan fingerprint density at radius 1 is 1.50 bits per heavy atom. The Morgan fingerprint density at radius 3 is 2.69 bits per heavy atom. The molecule has 16 heavy (non-hydrogen) atoms. The molecule has 5 nitrogen and oxygen atoms in total. The first-order valence-corrected chi connectivity index (χ1v) is 6.78. The molecule has 0 aliphatic heterocycles. The molecule has 0 fully saturated rings. The lowest BCUT2D eigenvalue weighted by Crippen LogP contribution is -2.40. The van der Waals surface area contributed by atoms with Crippen molar-refractivity contribution in [3.8, 4) is 0 Å². The first-order chi connectivity index (χ1) is 7.44. The van der Waals surface area contributed by atoms with E-state index in [4.69, 9.17) is 10.8 Å². The zero-order valence-corrected chi connectivity index (χ0v) is 11.4. The van der Waals surface area contributed by atoms with Crippen LogP contribution in [0.15, 0.2) is 4.34 Å². The predicted octanol–water partition coefficient (Wildman–Crippen LogP) is 0.796. The molecule has 1 rings (SSSR count). The summed E-state index contributed by atoms with van der Waals surface area (Å²) in [6.45, 7) is 1.85. The van der Waals surface area contributed by atoms with Gasteiger partial charge in [-0.2, -0.15) is 0 Å². The largest absolute Gasteiger partial charge is 0.394 e. The number of hydrogen-bond acceptors (Lipinski definition) is 7. The summed E-state index contributed by atoms with van der Waals surface area (Å²) in [4.78, 5) is 1.93. The van der Waals surface area contributed by atoms with E-state index in [-0.39, 0.29) is 6.61 Å². The molecule has 1 unspecified atom stereocenters. The van der Waals surface area contributed by atoms with E-state index in [1.54, 1.807) is 23.1 Å². The Kier molecular flexibility index (Phi) is 4.97. The maximum atomic E-state index is 9.00. The van der Waals surface area contributed by atoms with Gasteiger partial charge in [-0.3, -0.25) is 0 Å². The molecule has 0 bridgehead atoms. The SMILES string of the molecule is CN(C)c1nnc(SCCC(C)(N)CO)s1. The number of aromatic nitrogens is 2. The van der Waals surface area contributed by atoms with Gasteiger partial charge in [-0.1, -0.05) is 23.1 Å². The monoisotopic (exact) mass is 262 g/mol. The standard InChI is InChI=1S/C9H18N4OS2/c1-9(10,6-14)4-5-15-8-12-11-7(16-8)13(2)3/h14H,4-6,10H2,1-3H3. The number of aliphatic hydroxyl groups is 1. The van der Waals surface area contributed by atoms with Crippen LogP contribution in [0.3, 0.4) is 0 Å². The van der Waals surface area contributed by atoms with Crippen LogP contribution in [0.4, 0.5) is 5.13 Å². The summed E-state index contributed by atoms with van der Waals surface area (Å²) in [7, 11) is 3.88. The van der Waals surface area contributed by atoms with Gasteiger partial charge in [-0.25, -0.2) is 0 Å². The molecule has 1 aromatic heterocycles. The third-order valence-corrected chi connectivity index (χ3v) is 4.26. The van der Waals surface area contributed by atoms with Crippen molar-refractivity contribution in [3.63, 3.8) is 0 Å². The highest BCUT2D eigenvalue weighted by Crippen LogP contribution is 2.28. The Bertz CT molecular complexity index is 327. The Hall–Kier alpha value is -0.370. The fourth-order valence-electron chi connectivity index (χ4n) is 0.892. The molecule has 1 atom stereocenters. The van der Waals surface area contributed by atoms with Crippen molar-refractivity contribution in [1.29, 1.82) is 0 Å². The van der Waals surface area contributed by atoms with Crippen LogP contribution in [0, 0.1) is 0 Å². The second-order valence-electron chi connectivity index (χ2n) is 4.16. The molecular formula is C9H18N4OS2. The molecule has 0 amide bonds. The maximum absolute atomic E-state index is 9.00. The Balaban J connectivity index is 2.37. The van der Waals surface area contributed by atoms with Gasteiger partial charge in [0.2, 0.25) is 5.13 Å². The van der Waals surface area contributed by atoms with E-state index >= 15 is 0 Å². The van der Waals surface area contributed by atoms with Crippen molar-refractivity contribution in [2.75, 3.05) is 31.4 Å². The Morgan fingerprint density at radius 2 is 2.19 bits per heavy atom. The molecule has 92 valence electrons. The minimum atomic E-state index is -0.498. The van der Waals surface area contributed by atoms with Crippen LogP contribution in [0.2, 0.25) is 0 Å². The second-order valence-corrected chi connectivity index (χ2v) is 6.45. The van der Waals surface area contributed by atoms with Crippen molar-refractivity contribution in [1.82, 2.24) is 10.2 Å². The number of hydrogen-bond donors (Lipinski definition) is 2. The molecule has 0 spiro atoms. The molecule has 3 N–H and O–H groups in total. The zero-order valence-electron chi connectivity index (χ0n) is 9.80. The van der Waals surface area contributed by atoms with Gasteiger partial charge < -0.3 is 15.7 Å². The molecule has 1 heterocycles. The van der Waals surface area contributed by atoms with E-state index in [0.717, 1.165) is 21.6 Å². The average molecular weight is 262 g/mol. The van der Waals surface area contributed by atoms with Gasteiger partial charge in [-0.15, -0.1) is 10.2 Å². The van der Waals surface area contributed by atoms with Crippen molar-refractivity contribution < 1.29 is 5.11 Å². The van der Waals surface area contributed by atoms with Gasteiger partial charge in [0, 0.05) is 25.4 Å². The van der Waals surface area contributed by atoms with Crippen molar-refractivity contribution >= 4 is 28.2 Å². The van der Waals surface area contributed by atoms with Crippen LogP contribution < -0.4 is 10.6 Å². The van der Waals surface area contributed by atoms with Crippen LogP contribution in [0.25, 0.3) is 0 Å². The van der Waals surface area contributed by atoms with E-state index in [2.05, 4.69) is 10.2 Å². The maximum Gasteiger partial charge on any atom is 0.208 e. The highest BCUT2D eigenvalue weighted by atomic mass is 32.2. The molecule has 0 saturated carbocycles. The molecule has 0 saturated heterocycles. The summed E-state index contributed by atoms with van der Waals surface area (Å²) < 4.78 is 0.942. The number of nitrogens with zero attached hydrogens (tertiary/aromatic N) is 3. The smallest absolute Gasteiger partial charge is 0.208 e. The van der Waals surface area contributed by atoms with Gasteiger partial charge in [0.1, 0.15) is 0 Å². The fourth-order valence-corrected chi connectivity index (χ4v) is 2.95. The van der Waals surface area contributed by atoms with E-state index in [1.807, 2.05) is 25.9 Å². The summed E-state index contributed by atoms with van der Waals surface area (Å²) in [5.41, 5.74) is 5.33. The van der Waals surface area contributed by atoms with Crippen molar-refractivity contribution in [2.45, 2.75) is 23.2 Å². The topological polar surface area (TPSA) is 75.3 Å². The third kappa shape index (κ3) is 4.25. The average Bonchev–Trinajstić information content (AvgIpc) is 2.66. The van der Waals surface area contributed by atoms with Crippen LogP contribution in [0.1, 0.15) is 13.3 Å². The normalized spacial score (nSPS) is 14.8. The molecule has 0 aliphatic carbocycles. The molecule has 0 aliphatic rings. The minimum Gasteiger partial charge on any atom is -0.394 e. The lowest BCUT2D eigenvalue weighted by atomic mass is 10.0. The van der Waals surface area contributed by atoms with Crippen molar-refractivity contribution in [2.24, 2.45) is 5.73 Å². The Labute approximate surface area is 104 Å². The lowest BCUT2D eigenvalue weighted by molar-refractivity contribution is 0.206. The van der Waals surface area contributed by atoms with E-state index in [0.29, 0.717) is 0 Å². The number of nitrogens with two attached hydrogens (primary N) is 1. The second kappa shape index (κ2) is 5.81.